The van der Waals surface area contributed by atoms with Crippen molar-refractivity contribution in [2.45, 2.75) is 37.6 Å². The molecule has 152 valence electrons. The largest absolute Gasteiger partial charge is 0.297 e. The smallest absolute Gasteiger partial charge is 0.268 e. The zero-order valence-corrected chi connectivity index (χ0v) is 18.5. The van der Waals surface area contributed by atoms with Crippen molar-refractivity contribution >= 4 is 43.7 Å². The predicted octanol–water partition coefficient (Wildman–Crippen LogP) is 4.33. The highest BCUT2D eigenvalue weighted by Gasteiger charge is 2.32. The highest BCUT2D eigenvalue weighted by atomic mass is 32.2. The van der Waals surface area contributed by atoms with Gasteiger partial charge in [0, 0.05) is 18.5 Å². The second kappa shape index (κ2) is 7.98. The summed E-state index contributed by atoms with van der Waals surface area (Å²) in [6.45, 7) is 4.78. The topological polar surface area (TPSA) is 79.4 Å². The van der Waals surface area contributed by atoms with Crippen molar-refractivity contribution in [2.24, 2.45) is 0 Å². The van der Waals surface area contributed by atoms with E-state index < -0.39 is 15.9 Å². The van der Waals surface area contributed by atoms with Crippen LogP contribution in [0.3, 0.4) is 0 Å². The van der Waals surface area contributed by atoms with Crippen molar-refractivity contribution in [2.75, 3.05) is 11.9 Å². The molecule has 1 aromatic carbocycles. The number of nitrogens with zero attached hydrogens (tertiary/aromatic N) is 2. The Morgan fingerprint density at radius 3 is 2.66 bits per heavy atom. The molecule has 0 radical (unpaired) electrons. The molecule has 29 heavy (non-hydrogen) atoms. The molecule has 0 saturated carbocycles. The number of aromatic nitrogens is 1. The Hall–Kier alpha value is -2.07. The zero-order chi connectivity index (χ0) is 20.6. The molecule has 2 aromatic heterocycles. The molecule has 0 fully saturated rings. The first kappa shape index (κ1) is 20.2. The molecule has 6 nitrogen and oxygen atoms in total. The number of hydrogen-bond donors (Lipinski definition) is 1. The lowest BCUT2D eigenvalue weighted by Crippen LogP contribution is -2.36. The Morgan fingerprint density at radius 2 is 1.93 bits per heavy atom. The highest BCUT2D eigenvalue weighted by Crippen LogP contribution is 2.30. The van der Waals surface area contributed by atoms with E-state index in [1.54, 1.807) is 5.38 Å². The van der Waals surface area contributed by atoms with Gasteiger partial charge >= 0.3 is 0 Å². The van der Waals surface area contributed by atoms with Gasteiger partial charge in [-0.2, -0.15) is 4.31 Å². The Kier molecular flexibility index (Phi) is 5.56. The molecular weight excluding hydrogens is 426 g/mol. The molecule has 0 aliphatic carbocycles. The summed E-state index contributed by atoms with van der Waals surface area (Å²) in [5.41, 5.74) is 3.08. The standard InChI is InChI=1S/C20H21N3O3S3/c1-13(2)16-12-28-20(21-16)22-19(24)18-17(8-10-27-18)29(25,26)23-9-7-14-5-3-4-6-15(14)11-23/h3-6,8,10,12-13H,7,9,11H2,1-2H3,(H,21,22,24). The van der Waals surface area contributed by atoms with Gasteiger partial charge < -0.3 is 0 Å². The maximum Gasteiger partial charge on any atom is 0.268 e. The lowest BCUT2D eigenvalue weighted by Gasteiger charge is -2.28. The summed E-state index contributed by atoms with van der Waals surface area (Å²) in [6.07, 6.45) is 0.665. The molecule has 3 aromatic rings. The normalized spacial score (nSPS) is 14.7. The molecule has 3 heterocycles. The number of thiophene rings is 1. The van der Waals surface area contributed by atoms with Gasteiger partial charge in [0.2, 0.25) is 10.0 Å². The van der Waals surface area contributed by atoms with Crippen LogP contribution in [0.4, 0.5) is 5.13 Å². The van der Waals surface area contributed by atoms with E-state index >= 15 is 0 Å². The van der Waals surface area contributed by atoms with Crippen LogP contribution < -0.4 is 5.32 Å². The van der Waals surface area contributed by atoms with Gasteiger partial charge in [-0.05, 0) is 34.9 Å². The summed E-state index contributed by atoms with van der Waals surface area (Å²) in [5.74, 6) is -0.183. The van der Waals surface area contributed by atoms with Crippen molar-refractivity contribution in [3.05, 3.63) is 62.8 Å². The van der Waals surface area contributed by atoms with E-state index in [0.29, 0.717) is 24.6 Å². The van der Waals surface area contributed by atoms with Crippen LogP contribution in [0.2, 0.25) is 0 Å². The van der Waals surface area contributed by atoms with Crippen LogP contribution in [0.15, 0.2) is 46.0 Å². The maximum atomic E-state index is 13.3. The van der Waals surface area contributed by atoms with Crippen LogP contribution in [0.5, 0.6) is 0 Å². The fourth-order valence-electron chi connectivity index (χ4n) is 3.24. The van der Waals surface area contributed by atoms with Crippen LogP contribution >= 0.6 is 22.7 Å². The van der Waals surface area contributed by atoms with Gasteiger partial charge in [-0.25, -0.2) is 13.4 Å². The Balaban J connectivity index is 1.57. The number of nitrogens with one attached hydrogen (secondary N) is 1. The van der Waals surface area contributed by atoms with E-state index in [-0.39, 0.29) is 15.7 Å². The van der Waals surface area contributed by atoms with E-state index in [4.69, 9.17) is 0 Å². The number of fused-ring (bicyclic) bond motifs is 1. The third kappa shape index (κ3) is 4.00. The summed E-state index contributed by atoms with van der Waals surface area (Å²) in [6, 6.07) is 9.37. The van der Waals surface area contributed by atoms with Crippen molar-refractivity contribution in [3.8, 4) is 0 Å². The van der Waals surface area contributed by atoms with Crippen LogP contribution in [0.25, 0.3) is 0 Å². The zero-order valence-electron chi connectivity index (χ0n) is 16.1. The maximum absolute atomic E-state index is 13.3. The van der Waals surface area contributed by atoms with E-state index in [0.717, 1.165) is 22.6 Å². The van der Waals surface area contributed by atoms with E-state index in [2.05, 4.69) is 10.3 Å². The molecule has 1 aliphatic heterocycles. The van der Waals surface area contributed by atoms with Crippen LogP contribution in [0, 0.1) is 0 Å². The number of hydrogen-bond acceptors (Lipinski definition) is 6. The van der Waals surface area contributed by atoms with Gasteiger partial charge in [0.15, 0.2) is 5.13 Å². The number of benzene rings is 1. The first-order valence-corrected chi connectivity index (χ1v) is 12.5. The summed E-state index contributed by atoms with van der Waals surface area (Å²) in [4.78, 5) is 17.4. The Bertz CT molecular complexity index is 1150. The fraction of sp³-hybridized carbons (Fsp3) is 0.300. The minimum absolute atomic E-state index is 0.0556. The Labute approximate surface area is 178 Å². The first-order valence-electron chi connectivity index (χ1n) is 9.27. The molecule has 0 bridgehead atoms. The molecule has 1 amide bonds. The molecule has 0 atom stereocenters. The van der Waals surface area contributed by atoms with Crippen LogP contribution in [0.1, 0.15) is 46.3 Å². The molecule has 0 saturated heterocycles. The quantitative estimate of drug-likeness (QED) is 0.631. The molecule has 0 spiro atoms. The van der Waals surface area contributed by atoms with Crippen LogP contribution in [-0.4, -0.2) is 30.2 Å². The SMILES string of the molecule is CC(C)c1csc(NC(=O)c2sccc2S(=O)(=O)N2CCc3ccccc3C2)n1. The van der Waals surface area contributed by atoms with Crippen LogP contribution in [-0.2, 0) is 23.0 Å². The molecule has 0 unspecified atom stereocenters. The minimum atomic E-state index is -3.77. The number of rotatable bonds is 5. The average molecular weight is 448 g/mol. The molecular formula is C20H21N3O3S3. The van der Waals surface area contributed by atoms with Gasteiger partial charge in [0.05, 0.1) is 5.69 Å². The second-order valence-electron chi connectivity index (χ2n) is 7.16. The molecule has 1 aliphatic rings. The molecule has 9 heteroatoms. The van der Waals surface area contributed by atoms with Gasteiger partial charge in [-0.15, -0.1) is 22.7 Å². The molecule has 1 N–H and O–H groups in total. The number of carbonyl (C=O) groups is 1. The van der Waals surface area contributed by atoms with Crippen molar-refractivity contribution in [1.29, 1.82) is 0 Å². The third-order valence-corrected chi connectivity index (χ3v) is 8.59. The average Bonchev–Trinajstić information content (AvgIpc) is 3.37. The van der Waals surface area contributed by atoms with E-state index in [9.17, 15) is 13.2 Å². The van der Waals surface area contributed by atoms with E-state index in [1.807, 2.05) is 43.5 Å². The predicted molar refractivity (Wildman–Crippen MR) is 116 cm³/mol. The first-order chi connectivity index (χ1) is 13.9. The lowest BCUT2D eigenvalue weighted by atomic mass is 10.0. The third-order valence-electron chi connectivity index (χ3n) is 4.88. The van der Waals surface area contributed by atoms with Gasteiger partial charge in [-0.3, -0.25) is 10.1 Å². The molecule has 4 rings (SSSR count). The number of amides is 1. The van der Waals surface area contributed by atoms with Gasteiger partial charge in [-0.1, -0.05) is 38.1 Å². The highest BCUT2D eigenvalue weighted by molar-refractivity contribution is 7.89. The van der Waals surface area contributed by atoms with Crippen molar-refractivity contribution in [3.63, 3.8) is 0 Å². The number of carbonyl (C=O) groups excluding carboxylic acids is 1. The van der Waals surface area contributed by atoms with E-state index in [1.165, 1.54) is 27.3 Å². The van der Waals surface area contributed by atoms with Gasteiger partial charge in [0.25, 0.3) is 5.91 Å². The summed E-state index contributed by atoms with van der Waals surface area (Å²) >= 11 is 2.46. The van der Waals surface area contributed by atoms with Crippen molar-refractivity contribution in [1.82, 2.24) is 9.29 Å². The summed E-state index contributed by atoms with van der Waals surface area (Å²) < 4.78 is 28.0. The summed E-state index contributed by atoms with van der Waals surface area (Å²) in [5, 5.41) is 6.76. The fourth-order valence-corrected chi connectivity index (χ4v) is 6.82. The van der Waals surface area contributed by atoms with Gasteiger partial charge in [0.1, 0.15) is 9.77 Å². The number of thiazole rings is 1. The monoisotopic (exact) mass is 447 g/mol. The summed E-state index contributed by atoms with van der Waals surface area (Å²) in [7, 11) is -3.77. The minimum Gasteiger partial charge on any atom is -0.297 e. The number of anilines is 1. The Morgan fingerprint density at radius 1 is 1.17 bits per heavy atom. The second-order valence-corrected chi connectivity index (χ2v) is 10.8. The number of sulfonamides is 1. The van der Waals surface area contributed by atoms with Crippen molar-refractivity contribution < 1.29 is 13.2 Å². The lowest BCUT2D eigenvalue weighted by molar-refractivity contribution is 0.102.